The largest absolute Gasteiger partial charge is 0.0622 e. The molecule has 0 unspecified atom stereocenters. The zero-order valence-electron chi connectivity index (χ0n) is 25.6. The van der Waals surface area contributed by atoms with Crippen molar-refractivity contribution in [3.63, 3.8) is 0 Å². The lowest BCUT2D eigenvalue weighted by molar-refractivity contribution is 1.23. The Morgan fingerprint density at radius 1 is 0.400 bits per heavy atom. The van der Waals surface area contributed by atoms with E-state index >= 15 is 0 Å². The van der Waals surface area contributed by atoms with Crippen molar-refractivity contribution in [2.75, 3.05) is 0 Å². The van der Waals surface area contributed by atoms with Crippen molar-refractivity contribution in [2.45, 2.75) is 20.3 Å². The van der Waals surface area contributed by atoms with E-state index in [1.165, 1.54) is 99.1 Å². The van der Waals surface area contributed by atoms with Crippen molar-refractivity contribution in [3.05, 3.63) is 168 Å². The molecule has 0 atom stereocenters. The van der Waals surface area contributed by atoms with Crippen molar-refractivity contribution in [1.82, 2.24) is 0 Å². The predicted molar refractivity (Wildman–Crippen MR) is 193 cm³/mol. The van der Waals surface area contributed by atoms with Crippen LogP contribution in [0.3, 0.4) is 0 Å². The van der Waals surface area contributed by atoms with Gasteiger partial charge in [-0.05, 0) is 131 Å². The summed E-state index contributed by atoms with van der Waals surface area (Å²) in [7, 11) is 0. The fraction of sp³-hybridized carbons (Fsp3) is 0.0667. The number of hydrogen-bond acceptors (Lipinski definition) is 0. The molecule has 0 saturated carbocycles. The zero-order chi connectivity index (χ0) is 30.1. The number of rotatable bonds is 3. The van der Waals surface area contributed by atoms with Gasteiger partial charge in [0.05, 0.1) is 0 Å². The molecule has 0 heteroatoms. The van der Waals surface area contributed by atoms with Gasteiger partial charge in [-0.15, -0.1) is 0 Å². The van der Waals surface area contributed by atoms with E-state index in [-0.39, 0.29) is 0 Å². The fourth-order valence-electron chi connectivity index (χ4n) is 7.77. The second-order valence-corrected chi connectivity index (χ2v) is 12.5. The first kappa shape index (κ1) is 26.0. The van der Waals surface area contributed by atoms with Crippen molar-refractivity contribution >= 4 is 32.3 Å². The molecule has 0 nitrogen and oxygen atoms in total. The van der Waals surface area contributed by atoms with Crippen LogP contribution in [0.5, 0.6) is 0 Å². The highest BCUT2D eigenvalue weighted by Crippen LogP contribution is 2.51. The Hall–Kier alpha value is -5.46. The Morgan fingerprint density at radius 3 is 1.91 bits per heavy atom. The highest BCUT2D eigenvalue weighted by molar-refractivity contribution is 6.15. The lowest BCUT2D eigenvalue weighted by Gasteiger charge is -2.23. The van der Waals surface area contributed by atoms with Gasteiger partial charge in [-0.3, -0.25) is 0 Å². The van der Waals surface area contributed by atoms with E-state index < -0.39 is 0 Å². The molecule has 9 rings (SSSR count). The topological polar surface area (TPSA) is 0 Å². The second kappa shape index (κ2) is 10.0. The molecule has 0 saturated heterocycles. The van der Waals surface area contributed by atoms with E-state index in [2.05, 4.69) is 159 Å². The minimum absolute atomic E-state index is 0.951. The van der Waals surface area contributed by atoms with E-state index in [0.717, 1.165) is 6.42 Å². The minimum Gasteiger partial charge on any atom is -0.0622 e. The van der Waals surface area contributed by atoms with E-state index in [4.69, 9.17) is 0 Å². The van der Waals surface area contributed by atoms with Gasteiger partial charge in [0.1, 0.15) is 0 Å². The molecule has 1 aliphatic rings. The van der Waals surface area contributed by atoms with Gasteiger partial charge in [-0.1, -0.05) is 133 Å². The molecule has 0 fully saturated rings. The summed E-state index contributed by atoms with van der Waals surface area (Å²) in [6, 6.07) is 54.1. The van der Waals surface area contributed by atoms with Crippen LogP contribution in [0, 0.1) is 13.8 Å². The molecule has 8 aromatic rings. The Labute approximate surface area is 264 Å². The standard InChI is InChI=1S/C45H32/c1-28-24-41-36-18-10-9-17-34(36)27-42(41)43(29(28)2)45-39(23-21-35-25-32-15-6-7-16-33(32)26-40(35)45)44-37-19-11-8-14-31(37)20-22-38(44)30-12-4-3-5-13-30/h3-26H,27H2,1-2H3. The maximum Gasteiger partial charge on any atom is -0.000717 e. The lowest BCUT2D eigenvalue weighted by atomic mass is 9.80. The molecular weight excluding hydrogens is 540 g/mol. The van der Waals surface area contributed by atoms with Gasteiger partial charge in [-0.2, -0.15) is 0 Å². The van der Waals surface area contributed by atoms with Crippen LogP contribution in [-0.4, -0.2) is 0 Å². The molecule has 8 aromatic carbocycles. The average Bonchev–Trinajstić information content (AvgIpc) is 3.45. The smallest absolute Gasteiger partial charge is 0.000717 e. The van der Waals surface area contributed by atoms with E-state index in [1.807, 2.05) is 0 Å². The summed E-state index contributed by atoms with van der Waals surface area (Å²) in [6.45, 7) is 4.62. The molecule has 0 bridgehead atoms. The van der Waals surface area contributed by atoms with E-state index in [1.54, 1.807) is 0 Å². The van der Waals surface area contributed by atoms with Crippen LogP contribution in [0.15, 0.2) is 146 Å². The number of fused-ring (bicyclic) bond motifs is 6. The molecule has 0 spiro atoms. The number of aryl methyl sites for hydroxylation is 1. The van der Waals surface area contributed by atoms with Gasteiger partial charge in [0.25, 0.3) is 0 Å². The number of benzene rings is 8. The SMILES string of the molecule is Cc1cc2c(c(-c3c(-c4c(-c5ccccc5)ccc5ccccc45)ccc4cc5ccccc5cc34)c1C)Cc1ccccc1-2. The van der Waals surface area contributed by atoms with Crippen LogP contribution in [0.4, 0.5) is 0 Å². The zero-order valence-corrected chi connectivity index (χ0v) is 25.6. The van der Waals surface area contributed by atoms with Gasteiger partial charge in [-0.25, -0.2) is 0 Å². The third-order valence-electron chi connectivity index (χ3n) is 10.0. The summed E-state index contributed by atoms with van der Waals surface area (Å²) >= 11 is 0. The van der Waals surface area contributed by atoms with Crippen molar-refractivity contribution in [1.29, 1.82) is 0 Å². The van der Waals surface area contributed by atoms with Gasteiger partial charge < -0.3 is 0 Å². The number of hydrogen-bond donors (Lipinski definition) is 0. The highest BCUT2D eigenvalue weighted by atomic mass is 14.3. The van der Waals surface area contributed by atoms with Crippen molar-refractivity contribution in [3.8, 4) is 44.5 Å². The van der Waals surface area contributed by atoms with Gasteiger partial charge in [0, 0.05) is 0 Å². The van der Waals surface area contributed by atoms with Crippen LogP contribution < -0.4 is 0 Å². The molecule has 0 amide bonds. The molecule has 0 aromatic heterocycles. The first-order chi connectivity index (χ1) is 22.2. The monoisotopic (exact) mass is 572 g/mol. The molecule has 1 aliphatic carbocycles. The maximum absolute atomic E-state index is 2.44. The summed E-state index contributed by atoms with van der Waals surface area (Å²) in [5.41, 5.74) is 16.2. The Morgan fingerprint density at radius 2 is 1.07 bits per heavy atom. The first-order valence-corrected chi connectivity index (χ1v) is 15.9. The summed E-state index contributed by atoms with van der Waals surface area (Å²) in [5, 5.41) is 7.68. The van der Waals surface area contributed by atoms with Gasteiger partial charge in [0.15, 0.2) is 0 Å². The second-order valence-electron chi connectivity index (χ2n) is 12.5. The van der Waals surface area contributed by atoms with Gasteiger partial charge >= 0.3 is 0 Å². The van der Waals surface area contributed by atoms with Crippen molar-refractivity contribution in [2.24, 2.45) is 0 Å². The van der Waals surface area contributed by atoms with E-state index in [0.29, 0.717) is 0 Å². The summed E-state index contributed by atoms with van der Waals surface area (Å²) in [5.74, 6) is 0. The maximum atomic E-state index is 2.44. The molecule has 0 aliphatic heterocycles. The van der Waals surface area contributed by atoms with Crippen LogP contribution in [0.2, 0.25) is 0 Å². The fourth-order valence-corrected chi connectivity index (χ4v) is 7.77. The highest BCUT2D eigenvalue weighted by Gasteiger charge is 2.27. The van der Waals surface area contributed by atoms with Gasteiger partial charge in [0.2, 0.25) is 0 Å². The Kier molecular flexibility index (Phi) is 5.80. The van der Waals surface area contributed by atoms with E-state index in [9.17, 15) is 0 Å². The predicted octanol–water partition coefficient (Wildman–Crippen LogP) is 12.3. The third-order valence-corrected chi connectivity index (χ3v) is 10.0. The quantitative estimate of drug-likeness (QED) is 0.185. The molecular formula is C45H32. The summed E-state index contributed by atoms with van der Waals surface area (Å²) in [6.07, 6.45) is 0.951. The minimum atomic E-state index is 0.951. The molecule has 212 valence electrons. The normalized spacial score (nSPS) is 12.1. The molecule has 0 heterocycles. The third kappa shape index (κ3) is 3.99. The first-order valence-electron chi connectivity index (χ1n) is 15.9. The average molecular weight is 573 g/mol. The Bertz CT molecular complexity index is 2460. The summed E-state index contributed by atoms with van der Waals surface area (Å²) < 4.78 is 0. The molecule has 0 radical (unpaired) electrons. The Balaban J connectivity index is 1.48. The molecule has 0 N–H and O–H groups in total. The van der Waals surface area contributed by atoms with Crippen LogP contribution >= 0.6 is 0 Å². The summed E-state index contributed by atoms with van der Waals surface area (Å²) in [4.78, 5) is 0. The van der Waals surface area contributed by atoms with Crippen LogP contribution in [0.1, 0.15) is 22.3 Å². The van der Waals surface area contributed by atoms with Crippen molar-refractivity contribution < 1.29 is 0 Å². The van der Waals surface area contributed by atoms with Crippen LogP contribution in [0.25, 0.3) is 76.8 Å². The molecule has 45 heavy (non-hydrogen) atoms. The lowest BCUT2D eigenvalue weighted by Crippen LogP contribution is -1.99. The van der Waals surface area contributed by atoms with Crippen LogP contribution in [-0.2, 0) is 6.42 Å².